The van der Waals surface area contributed by atoms with Crippen molar-refractivity contribution in [2.24, 2.45) is 28.6 Å². The Morgan fingerprint density at radius 3 is 2.55 bits per heavy atom. The van der Waals surface area contributed by atoms with E-state index in [0.717, 1.165) is 24.7 Å². The number of rotatable bonds is 4. The highest BCUT2D eigenvalue weighted by molar-refractivity contribution is 7.86. The molecule has 8 atom stereocenters. The Bertz CT molecular complexity index is 941. The zero-order valence-corrected chi connectivity index (χ0v) is 19.0. The van der Waals surface area contributed by atoms with Gasteiger partial charge in [0.05, 0.1) is 12.4 Å². The average molecular weight is 457 g/mol. The van der Waals surface area contributed by atoms with Crippen LogP contribution in [0.2, 0.25) is 0 Å². The van der Waals surface area contributed by atoms with Crippen LogP contribution in [0.25, 0.3) is 0 Å². The molecule has 3 fully saturated rings. The molecular weight excluding hydrogens is 424 g/mol. The van der Waals surface area contributed by atoms with Crippen molar-refractivity contribution < 1.29 is 37.5 Å². The van der Waals surface area contributed by atoms with Crippen LogP contribution in [0.15, 0.2) is 11.6 Å². The quantitative estimate of drug-likeness (QED) is 0.422. The lowest BCUT2D eigenvalue weighted by Gasteiger charge is -2.60. The topological polar surface area (TPSA) is 138 Å². The van der Waals surface area contributed by atoms with Gasteiger partial charge < -0.3 is 15.3 Å². The van der Waals surface area contributed by atoms with Gasteiger partial charge in [-0.05, 0) is 67.8 Å². The van der Waals surface area contributed by atoms with Gasteiger partial charge in [-0.3, -0.25) is 9.59 Å². The Balaban J connectivity index is 1.67. The lowest BCUT2D eigenvalue weighted by molar-refractivity contribution is -0.194. The Morgan fingerprint density at radius 2 is 1.90 bits per heavy atom. The molecule has 4 aliphatic carbocycles. The standard InChI is InChI=1S/C22H32O8S/c1-20-8-6-13(23)10-12(20)4-5-14-15-7-9-22(27,18(25)19(26)30-31(3,28)29)21(15,2)11-16(24)17(14)20/h10,14-17,19,24,26-27H,4-9,11H2,1-3H3/t14-,15-,16-,17+,19?,20-,21-,22-/m0/s1. The number of hydrogen-bond donors (Lipinski definition) is 3. The van der Waals surface area contributed by atoms with Crippen LogP contribution < -0.4 is 0 Å². The zero-order chi connectivity index (χ0) is 23.0. The van der Waals surface area contributed by atoms with E-state index in [-0.39, 0.29) is 41.8 Å². The number of hydrogen-bond acceptors (Lipinski definition) is 8. The Morgan fingerprint density at radius 1 is 1.23 bits per heavy atom. The third-order valence-corrected chi connectivity index (χ3v) is 9.48. The molecule has 4 rings (SSSR count). The van der Waals surface area contributed by atoms with Gasteiger partial charge >= 0.3 is 0 Å². The fraction of sp³-hybridized carbons (Fsp3) is 0.818. The Labute approximate surface area is 182 Å². The van der Waals surface area contributed by atoms with E-state index in [0.29, 0.717) is 19.3 Å². The van der Waals surface area contributed by atoms with Crippen molar-refractivity contribution in [3.63, 3.8) is 0 Å². The molecule has 0 amide bonds. The van der Waals surface area contributed by atoms with Crippen LogP contribution in [0.5, 0.6) is 0 Å². The van der Waals surface area contributed by atoms with Crippen LogP contribution in [0, 0.1) is 28.6 Å². The van der Waals surface area contributed by atoms with Crippen LogP contribution >= 0.6 is 0 Å². The maximum absolute atomic E-state index is 13.0. The predicted molar refractivity (Wildman–Crippen MR) is 110 cm³/mol. The smallest absolute Gasteiger partial charge is 0.267 e. The molecule has 9 heteroatoms. The molecule has 3 saturated carbocycles. The van der Waals surface area contributed by atoms with Gasteiger partial charge in [0.15, 0.2) is 5.78 Å². The van der Waals surface area contributed by atoms with Crippen LogP contribution in [0.1, 0.15) is 58.8 Å². The highest BCUT2D eigenvalue weighted by Crippen LogP contribution is 2.67. The monoisotopic (exact) mass is 456 g/mol. The van der Waals surface area contributed by atoms with E-state index in [9.17, 15) is 33.3 Å². The van der Waals surface area contributed by atoms with Crippen molar-refractivity contribution in [1.82, 2.24) is 0 Å². The largest absolute Gasteiger partial charge is 0.393 e. The van der Waals surface area contributed by atoms with Crippen LogP contribution in [0.4, 0.5) is 0 Å². The van der Waals surface area contributed by atoms with Crippen molar-refractivity contribution in [3.05, 3.63) is 11.6 Å². The fourth-order valence-electron chi connectivity index (χ4n) is 7.51. The summed E-state index contributed by atoms with van der Waals surface area (Å²) in [5.41, 5.74) is -2.21. The number of aliphatic hydroxyl groups excluding tert-OH is 2. The second-order valence-corrected chi connectivity index (χ2v) is 12.1. The summed E-state index contributed by atoms with van der Waals surface area (Å²) in [6, 6.07) is 0. The molecule has 3 N–H and O–H groups in total. The first-order chi connectivity index (χ1) is 14.2. The Kier molecular flexibility index (Phi) is 5.34. The molecule has 0 aromatic heterocycles. The number of carbonyl (C=O) groups excluding carboxylic acids is 2. The number of fused-ring (bicyclic) bond motifs is 5. The molecule has 0 heterocycles. The minimum absolute atomic E-state index is 0.0545. The van der Waals surface area contributed by atoms with Gasteiger partial charge in [-0.2, -0.15) is 8.42 Å². The van der Waals surface area contributed by atoms with Gasteiger partial charge in [0.1, 0.15) is 5.60 Å². The van der Waals surface area contributed by atoms with Crippen LogP contribution in [-0.4, -0.2) is 59.6 Å². The SMILES string of the molecule is C[C@]12CCC(=O)C=C1CC[C@@H]1[C@@H]2[C@@H](O)C[C@@]2(C)[C@H]1CC[C@]2(O)C(=O)C(O)OS(C)(=O)=O. The van der Waals surface area contributed by atoms with E-state index in [1.807, 2.05) is 0 Å². The summed E-state index contributed by atoms with van der Waals surface area (Å²) in [7, 11) is -4.09. The first-order valence-electron chi connectivity index (χ1n) is 11.0. The van der Waals surface area contributed by atoms with Gasteiger partial charge in [-0.15, -0.1) is 0 Å². The van der Waals surface area contributed by atoms with E-state index < -0.39 is 39.3 Å². The molecule has 31 heavy (non-hydrogen) atoms. The molecule has 1 unspecified atom stereocenters. The maximum Gasteiger partial charge on any atom is 0.267 e. The third-order valence-electron chi connectivity index (χ3n) is 8.95. The summed E-state index contributed by atoms with van der Waals surface area (Å²) in [5.74, 6) is -1.04. The minimum Gasteiger partial charge on any atom is -0.393 e. The summed E-state index contributed by atoms with van der Waals surface area (Å²) >= 11 is 0. The van der Waals surface area contributed by atoms with E-state index in [2.05, 4.69) is 11.1 Å². The fourth-order valence-corrected chi connectivity index (χ4v) is 7.93. The zero-order valence-electron chi connectivity index (χ0n) is 18.2. The maximum atomic E-state index is 13.0. The molecule has 0 radical (unpaired) electrons. The molecule has 0 saturated heterocycles. The highest BCUT2D eigenvalue weighted by Gasteiger charge is 2.69. The highest BCUT2D eigenvalue weighted by atomic mass is 32.2. The van der Waals surface area contributed by atoms with Gasteiger partial charge in [0, 0.05) is 11.8 Å². The molecule has 0 aliphatic heterocycles. The van der Waals surface area contributed by atoms with Crippen molar-refractivity contribution in [1.29, 1.82) is 0 Å². The van der Waals surface area contributed by atoms with Gasteiger partial charge in [-0.1, -0.05) is 19.4 Å². The number of carbonyl (C=O) groups is 2. The number of ketones is 2. The second-order valence-electron chi connectivity index (χ2n) is 10.5. The van der Waals surface area contributed by atoms with Crippen molar-refractivity contribution in [2.45, 2.75) is 76.8 Å². The van der Waals surface area contributed by atoms with Crippen LogP contribution in [-0.2, 0) is 23.9 Å². The summed E-state index contributed by atoms with van der Waals surface area (Å²) in [6.07, 6.45) is 2.79. The first kappa shape index (κ1) is 23.0. The summed E-state index contributed by atoms with van der Waals surface area (Å²) in [6.45, 7) is 3.87. The van der Waals surface area contributed by atoms with E-state index in [4.69, 9.17) is 0 Å². The molecule has 4 aliphatic rings. The molecule has 0 aromatic rings. The van der Waals surface area contributed by atoms with Crippen LogP contribution in [0.3, 0.4) is 0 Å². The number of aliphatic hydroxyl groups is 3. The van der Waals surface area contributed by atoms with Crippen molar-refractivity contribution >= 4 is 21.7 Å². The Hall–Kier alpha value is -1.13. The molecule has 0 bridgehead atoms. The third kappa shape index (κ3) is 3.35. The molecule has 0 aromatic carbocycles. The predicted octanol–water partition coefficient (Wildman–Crippen LogP) is 1.08. The van der Waals surface area contributed by atoms with E-state index in [1.165, 1.54) is 0 Å². The van der Waals surface area contributed by atoms with Gasteiger partial charge in [0.2, 0.25) is 12.1 Å². The van der Waals surface area contributed by atoms with Crippen molar-refractivity contribution in [3.8, 4) is 0 Å². The molecule has 174 valence electrons. The normalized spacial score (nSPS) is 45.9. The lowest BCUT2D eigenvalue weighted by atomic mass is 9.45. The van der Waals surface area contributed by atoms with Gasteiger partial charge in [0.25, 0.3) is 10.1 Å². The summed E-state index contributed by atoms with van der Waals surface area (Å²) < 4.78 is 27.2. The second kappa shape index (κ2) is 7.18. The summed E-state index contributed by atoms with van der Waals surface area (Å²) in [4.78, 5) is 25.0. The minimum atomic E-state index is -4.09. The number of allylic oxidation sites excluding steroid dienone is 1. The summed E-state index contributed by atoms with van der Waals surface area (Å²) in [5, 5.41) is 32.9. The van der Waals surface area contributed by atoms with Crippen molar-refractivity contribution in [2.75, 3.05) is 6.26 Å². The number of Topliss-reactive ketones (excluding diaryl/α,β-unsaturated/α-hetero) is 1. The molecule has 0 spiro atoms. The molecule has 8 nitrogen and oxygen atoms in total. The van der Waals surface area contributed by atoms with E-state index in [1.54, 1.807) is 13.0 Å². The van der Waals surface area contributed by atoms with E-state index >= 15 is 0 Å². The molecular formula is C22H32O8S. The average Bonchev–Trinajstić information content (AvgIpc) is 2.91. The van der Waals surface area contributed by atoms with Gasteiger partial charge in [-0.25, -0.2) is 4.18 Å². The first-order valence-corrected chi connectivity index (χ1v) is 12.8. The lowest BCUT2D eigenvalue weighted by Crippen LogP contribution is -2.63.